The van der Waals surface area contributed by atoms with Gasteiger partial charge in [0.15, 0.2) is 0 Å². The van der Waals surface area contributed by atoms with Crippen molar-refractivity contribution in [3.05, 3.63) is 188 Å². The summed E-state index contributed by atoms with van der Waals surface area (Å²) in [7, 11) is 0. The standard InChI is InChI=1S/C48H34Cl2N6O4/c1-27-11-3-9-17-39(27)51-47(59)35-23-31-13-5-7-15-33(31)43(45(35)57)55-53-41-21-19-29(25-37(41)49)30-20-22-42(38(50)26-30)54-56-44-34-16-8-6-14-32(34)24-36(46(44)58)48(60)52-40-18-10-4-12-28(40)2/h3-26,53-54H,1-2H3,(H,51,59)(H,52,60)/b55-43-,56-44-. The molecule has 2 aliphatic carbocycles. The number of carbonyl (C=O) groups excluding carboxylic acids is 4. The van der Waals surface area contributed by atoms with E-state index in [4.69, 9.17) is 23.2 Å². The summed E-state index contributed by atoms with van der Waals surface area (Å²) >= 11 is 13.5. The zero-order valence-electron chi connectivity index (χ0n) is 32.1. The van der Waals surface area contributed by atoms with Gasteiger partial charge in [-0.05, 0) is 95.8 Å². The Morgan fingerprint density at radius 1 is 0.483 bits per heavy atom. The number of hydrogen-bond donors (Lipinski definition) is 4. The molecule has 10 nitrogen and oxygen atoms in total. The molecule has 0 heterocycles. The van der Waals surface area contributed by atoms with Gasteiger partial charge in [0.25, 0.3) is 11.8 Å². The average Bonchev–Trinajstić information content (AvgIpc) is 3.25. The molecule has 6 aromatic carbocycles. The van der Waals surface area contributed by atoms with Crippen molar-refractivity contribution in [1.29, 1.82) is 0 Å². The number of anilines is 4. The van der Waals surface area contributed by atoms with Crippen molar-refractivity contribution >= 4 is 92.9 Å². The van der Waals surface area contributed by atoms with Crippen molar-refractivity contribution < 1.29 is 19.2 Å². The largest absolute Gasteiger partial charge is 0.322 e. The fourth-order valence-electron chi connectivity index (χ4n) is 6.79. The number of benzene rings is 6. The summed E-state index contributed by atoms with van der Waals surface area (Å²) in [6.45, 7) is 3.75. The van der Waals surface area contributed by atoms with Crippen LogP contribution < -0.4 is 21.5 Å². The van der Waals surface area contributed by atoms with Crippen LogP contribution in [0.25, 0.3) is 23.3 Å². The number of Topliss-reactive ketones (excluding diaryl/α,β-unsaturated/α-hetero) is 2. The normalized spacial score (nSPS) is 14.5. The maximum atomic E-state index is 13.7. The smallest absolute Gasteiger partial charge is 0.259 e. The molecule has 0 radical (unpaired) electrons. The molecule has 0 bridgehead atoms. The Morgan fingerprint density at radius 2 is 0.867 bits per heavy atom. The third-order valence-corrected chi connectivity index (χ3v) is 10.7. The number of para-hydroxylation sites is 2. The highest BCUT2D eigenvalue weighted by atomic mass is 35.5. The van der Waals surface area contributed by atoms with Crippen LogP contribution >= 0.6 is 23.2 Å². The monoisotopic (exact) mass is 828 g/mol. The molecule has 0 atom stereocenters. The predicted molar refractivity (Wildman–Crippen MR) is 241 cm³/mol. The van der Waals surface area contributed by atoms with Gasteiger partial charge in [-0.1, -0.05) is 120 Å². The van der Waals surface area contributed by atoms with Crippen molar-refractivity contribution in [2.75, 3.05) is 21.5 Å². The summed E-state index contributed by atoms with van der Waals surface area (Å²) < 4.78 is 0. The minimum atomic E-state index is -0.538. The third kappa shape index (κ3) is 8.02. The van der Waals surface area contributed by atoms with E-state index in [1.807, 2.05) is 86.6 Å². The number of hydrazone groups is 2. The van der Waals surface area contributed by atoms with Gasteiger partial charge in [0.05, 0.1) is 32.6 Å². The highest BCUT2D eigenvalue weighted by Gasteiger charge is 2.32. The molecule has 0 saturated carbocycles. The Kier molecular flexibility index (Phi) is 11.1. The van der Waals surface area contributed by atoms with Crippen LogP contribution in [-0.4, -0.2) is 34.8 Å². The SMILES string of the molecule is Cc1ccccc1NC(=O)C1=Cc2ccccc2/C(=N/Nc2ccc(-c3ccc(N/N=C4\C(=O)C(C(=O)Nc5ccccc5C)=Cc5ccccc54)c(Cl)c3)cc2Cl)C1=O. The molecule has 0 unspecified atom stereocenters. The number of carbonyl (C=O) groups is 4. The number of amides is 2. The van der Waals surface area contributed by atoms with E-state index in [1.54, 1.807) is 72.8 Å². The highest BCUT2D eigenvalue weighted by Crippen LogP contribution is 2.34. The Bertz CT molecular complexity index is 2720. The molecule has 8 rings (SSSR count). The third-order valence-electron chi connectivity index (χ3n) is 10.1. The number of fused-ring (bicyclic) bond motifs is 2. The lowest BCUT2D eigenvalue weighted by Gasteiger charge is -2.18. The summed E-state index contributed by atoms with van der Waals surface area (Å²) in [5.41, 5.74) is 13.7. The Balaban J connectivity index is 0.990. The molecule has 0 aliphatic heterocycles. The summed E-state index contributed by atoms with van der Waals surface area (Å²) in [5, 5.41) is 15.2. The topological polar surface area (TPSA) is 141 Å². The van der Waals surface area contributed by atoms with Gasteiger partial charge in [0, 0.05) is 22.5 Å². The number of nitrogens with one attached hydrogen (secondary N) is 4. The quantitative estimate of drug-likeness (QED) is 0.0845. The van der Waals surface area contributed by atoms with Gasteiger partial charge in [-0.2, -0.15) is 10.2 Å². The maximum Gasteiger partial charge on any atom is 0.259 e. The molecule has 0 saturated heterocycles. The van der Waals surface area contributed by atoms with E-state index in [0.717, 1.165) is 22.3 Å². The first-order valence-electron chi connectivity index (χ1n) is 18.8. The minimum absolute atomic E-state index is 0.0433. The number of halogens is 2. The second-order valence-corrected chi connectivity index (χ2v) is 14.8. The molecule has 0 spiro atoms. The van der Waals surface area contributed by atoms with Gasteiger partial charge in [-0.15, -0.1) is 0 Å². The van der Waals surface area contributed by atoms with Gasteiger partial charge in [0.2, 0.25) is 11.6 Å². The summed E-state index contributed by atoms with van der Waals surface area (Å²) in [4.78, 5) is 54.2. The van der Waals surface area contributed by atoms with Crippen LogP contribution in [0.3, 0.4) is 0 Å². The molecule has 4 N–H and O–H groups in total. The number of rotatable bonds is 9. The van der Waals surface area contributed by atoms with Crippen LogP contribution in [0.4, 0.5) is 22.7 Å². The van der Waals surface area contributed by atoms with Crippen molar-refractivity contribution in [2.45, 2.75) is 13.8 Å². The van der Waals surface area contributed by atoms with Crippen LogP contribution in [0.2, 0.25) is 10.0 Å². The highest BCUT2D eigenvalue weighted by molar-refractivity contribution is 6.60. The van der Waals surface area contributed by atoms with Crippen molar-refractivity contribution in [2.24, 2.45) is 10.2 Å². The van der Waals surface area contributed by atoms with Crippen LogP contribution in [0.5, 0.6) is 0 Å². The van der Waals surface area contributed by atoms with Crippen molar-refractivity contribution in [3.8, 4) is 11.1 Å². The van der Waals surface area contributed by atoms with Crippen LogP contribution in [-0.2, 0) is 19.2 Å². The second-order valence-electron chi connectivity index (χ2n) is 14.0. The number of ketones is 2. The van der Waals surface area contributed by atoms with E-state index in [-0.39, 0.29) is 22.6 Å². The zero-order valence-corrected chi connectivity index (χ0v) is 33.7. The molecule has 294 valence electrons. The van der Waals surface area contributed by atoms with Gasteiger partial charge in [0.1, 0.15) is 11.4 Å². The number of hydrogen-bond acceptors (Lipinski definition) is 8. The minimum Gasteiger partial charge on any atom is -0.322 e. The second kappa shape index (κ2) is 16.8. The number of nitrogens with zero attached hydrogens (tertiary/aromatic N) is 2. The lowest BCUT2D eigenvalue weighted by atomic mass is 9.89. The molecular weight excluding hydrogens is 795 g/mol. The van der Waals surface area contributed by atoms with E-state index in [0.29, 0.717) is 55.0 Å². The van der Waals surface area contributed by atoms with E-state index >= 15 is 0 Å². The van der Waals surface area contributed by atoms with E-state index in [1.165, 1.54) is 0 Å². The van der Waals surface area contributed by atoms with Gasteiger partial charge in [-0.3, -0.25) is 30.0 Å². The average molecular weight is 830 g/mol. The number of aryl methyl sites for hydroxylation is 2. The van der Waals surface area contributed by atoms with E-state index < -0.39 is 23.4 Å². The lowest BCUT2D eigenvalue weighted by Crippen LogP contribution is -2.30. The fourth-order valence-corrected chi connectivity index (χ4v) is 7.23. The van der Waals surface area contributed by atoms with Gasteiger partial charge < -0.3 is 10.6 Å². The van der Waals surface area contributed by atoms with Crippen LogP contribution in [0.15, 0.2) is 155 Å². The first-order valence-corrected chi connectivity index (χ1v) is 19.5. The Labute approximate surface area is 355 Å². The summed E-state index contributed by atoms with van der Waals surface area (Å²) in [5.74, 6) is -2.15. The molecule has 6 aromatic rings. The summed E-state index contributed by atoms with van der Waals surface area (Å²) in [6, 6.07) is 39.6. The molecule has 2 amide bonds. The van der Waals surface area contributed by atoms with Gasteiger partial charge >= 0.3 is 0 Å². The van der Waals surface area contributed by atoms with E-state index in [9.17, 15) is 19.2 Å². The lowest BCUT2D eigenvalue weighted by molar-refractivity contribution is -0.118. The van der Waals surface area contributed by atoms with Crippen molar-refractivity contribution in [3.63, 3.8) is 0 Å². The predicted octanol–water partition coefficient (Wildman–Crippen LogP) is 10.1. The Morgan fingerprint density at radius 3 is 1.27 bits per heavy atom. The molecule has 0 aromatic heterocycles. The molecule has 0 fully saturated rings. The van der Waals surface area contributed by atoms with Crippen molar-refractivity contribution in [1.82, 2.24) is 0 Å². The van der Waals surface area contributed by atoms with Crippen LogP contribution in [0, 0.1) is 13.8 Å². The summed E-state index contributed by atoms with van der Waals surface area (Å²) in [6.07, 6.45) is 3.14. The fraction of sp³-hybridized carbons (Fsp3) is 0.0417. The molecule has 12 heteroatoms. The molecular formula is C48H34Cl2N6O4. The first kappa shape index (κ1) is 39.4. The zero-order chi connectivity index (χ0) is 41.9. The maximum absolute atomic E-state index is 13.7. The van der Waals surface area contributed by atoms with Crippen LogP contribution in [0.1, 0.15) is 33.4 Å². The molecule has 60 heavy (non-hydrogen) atoms. The Hall–Kier alpha value is -7.40. The van der Waals surface area contributed by atoms with Gasteiger partial charge in [-0.25, -0.2) is 0 Å². The molecule has 2 aliphatic rings. The first-order chi connectivity index (χ1) is 29.0. The van der Waals surface area contributed by atoms with E-state index in [2.05, 4.69) is 31.7 Å².